The molecule has 0 amide bonds. The first-order valence-corrected chi connectivity index (χ1v) is 10.4. The summed E-state index contributed by atoms with van der Waals surface area (Å²) in [5.41, 5.74) is 3.80. The van der Waals surface area contributed by atoms with E-state index in [1.807, 2.05) is 57.4 Å². The molecule has 1 aromatic carbocycles. The van der Waals surface area contributed by atoms with E-state index in [0.717, 1.165) is 34.7 Å². The van der Waals surface area contributed by atoms with Crippen LogP contribution in [0.4, 0.5) is 16.6 Å². The predicted molar refractivity (Wildman–Crippen MR) is 123 cm³/mol. The van der Waals surface area contributed by atoms with E-state index >= 15 is 0 Å². The van der Waals surface area contributed by atoms with Crippen LogP contribution in [-0.2, 0) is 0 Å². The molecule has 0 fully saturated rings. The highest BCUT2D eigenvalue weighted by Gasteiger charge is 2.16. The molecule has 30 heavy (non-hydrogen) atoms. The number of aromatic hydroxyl groups is 1. The largest absolute Gasteiger partial charge is 0.492 e. The van der Waals surface area contributed by atoms with Crippen LogP contribution in [-0.4, -0.2) is 53.4 Å². The standard InChI is InChI=1S/C22H23N5O2S/c1-14-11-16(29-10-9-27(2)3)6-7-18(14)25-22-26-21(28)19(30-22)12-15-13-24-20-17(15)5-4-8-23-20/h4-8,11-13,28H,9-10H2,1-3H3,(H,25,26)/b15-12+. The molecule has 0 atom stereocenters. The van der Waals surface area contributed by atoms with Gasteiger partial charge in [0.2, 0.25) is 5.88 Å². The van der Waals surface area contributed by atoms with Gasteiger partial charge in [-0.05, 0) is 63.0 Å². The van der Waals surface area contributed by atoms with E-state index in [0.29, 0.717) is 22.4 Å². The number of rotatable bonds is 7. The molecule has 7 nitrogen and oxygen atoms in total. The third-order valence-corrected chi connectivity index (χ3v) is 5.50. The van der Waals surface area contributed by atoms with E-state index in [-0.39, 0.29) is 5.88 Å². The second kappa shape index (κ2) is 8.64. The summed E-state index contributed by atoms with van der Waals surface area (Å²) in [6.45, 7) is 3.51. The lowest BCUT2D eigenvalue weighted by atomic mass is 10.1. The molecule has 1 aliphatic heterocycles. The van der Waals surface area contributed by atoms with Crippen molar-refractivity contribution in [3.63, 3.8) is 0 Å². The van der Waals surface area contributed by atoms with Gasteiger partial charge < -0.3 is 20.1 Å². The molecule has 8 heteroatoms. The lowest BCUT2D eigenvalue weighted by Crippen LogP contribution is -2.19. The Morgan fingerprint density at radius 2 is 2.13 bits per heavy atom. The van der Waals surface area contributed by atoms with Crippen LogP contribution >= 0.6 is 11.3 Å². The summed E-state index contributed by atoms with van der Waals surface area (Å²) >= 11 is 1.38. The van der Waals surface area contributed by atoms with E-state index in [9.17, 15) is 5.11 Å². The Morgan fingerprint density at radius 1 is 1.27 bits per heavy atom. The van der Waals surface area contributed by atoms with Gasteiger partial charge in [-0.3, -0.25) is 0 Å². The van der Waals surface area contributed by atoms with Gasteiger partial charge in [0.1, 0.15) is 12.4 Å². The number of aromatic nitrogens is 2. The van der Waals surface area contributed by atoms with Gasteiger partial charge in [-0.25, -0.2) is 9.98 Å². The summed E-state index contributed by atoms with van der Waals surface area (Å²) < 4.78 is 5.78. The van der Waals surface area contributed by atoms with Gasteiger partial charge in [0.15, 0.2) is 10.9 Å². The summed E-state index contributed by atoms with van der Waals surface area (Å²) in [4.78, 5) is 15.5. The van der Waals surface area contributed by atoms with Crippen molar-refractivity contribution in [2.45, 2.75) is 6.92 Å². The number of allylic oxidation sites excluding steroid dienone is 1. The molecule has 0 unspecified atom stereocenters. The lowest BCUT2D eigenvalue weighted by molar-refractivity contribution is 0.261. The Hall–Kier alpha value is -3.23. The number of hydrogen-bond donors (Lipinski definition) is 2. The molecular weight excluding hydrogens is 398 g/mol. The monoisotopic (exact) mass is 421 g/mol. The number of hydrogen-bond acceptors (Lipinski definition) is 8. The highest BCUT2D eigenvalue weighted by molar-refractivity contribution is 7.16. The Bertz CT molecular complexity index is 1120. The van der Waals surface area contributed by atoms with Gasteiger partial charge in [0, 0.05) is 35.8 Å². The molecule has 0 bridgehead atoms. The Labute approximate surface area is 179 Å². The SMILES string of the molecule is Cc1cc(OCCN(C)C)ccc1Nc1nc(O)c(/C=C2\C=Nc3ncccc32)s1. The van der Waals surface area contributed by atoms with Gasteiger partial charge in [0.05, 0.1) is 4.88 Å². The van der Waals surface area contributed by atoms with Crippen LogP contribution in [0.5, 0.6) is 11.6 Å². The fourth-order valence-corrected chi connectivity index (χ4v) is 3.80. The highest BCUT2D eigenvalue weighted by atomic mass is 32.1. The molecule has 0 spiro atoms. The van der Waals surface area contributed by atoms with Gasteiger partial charge in [-0.1, -0.05) is 11.3 Å². The molecule has 4 rings (SSSR count). The fourth-order valence-electron chi connectivity index (χ4n) is 2.98. The molecule has 0 saturated heterocycles. The minimum absolute atomic E-state index is 0.0120. The topological polar surface area (TPSA) is 82.9 Å². The molecule has 2 N–H and O–H groups in total. The first-order chi connectivity index (χ1) is 14.5. The maximum atomic E-state index is 10.3. The van der Waals surface area contributed by atoms with Gasteiger partial charge >= 0.3 is 0 Å². The Kier molecular flexibility index (Phi) is 5.78. The van der Waals surface area contributed by atoms with Gasteiger partial charge in [-0.2, -0.15) is 4.98 Å². The van der Waals surface area contributed by atoms with Gasteiger partial charge in [-0.15, -0.1) is 0 Å². The molecule has 0 radical (unpaired) electrons. The van der Waals surface area contributed by atoms with Crippen LogP contribution in [0.25, 0.3) is 11.6 Å². The van der Waals surface area contributed by atoms with Crippen LogP contribution in [0.3, 0.4) is 0 Å². The molecule has 3 aromatic rings. The van der Waals surface area contributed by atoms with E-state index in [1.165, 1.54) is 11.3 Å². The third kappa shape index (κ3) is 4.50. The third-order valence-electron chi connectivity index (χ3n) is 4.59. The fraction of sp³-hybridized carbons (Fsp3) is 0.227. The highest BCUT2D eigenvalue weighted by Crippen LogP contribution is 2.36. The predicted octanol–water partition coefficient (Wildman–Crippen LogP) is 4.49. The number of likely N-dealkylation sites (N-methyl/N-ethyl adjacent to an activating group) is 1. The summed E-state index contributed by atoms with van der Waals surface area (Å²) in [5.74, 6) is 1.51. The number of pyridine rings is 1. The number of thiazole rings is 1. The smallest absolute Gasteiger partial charge is 0.231 e. The van der Waals surface area contributed by atoms with Crippen LogP contribution < -0.4 is 10.1 Å². The maximum absolute atomic E-state index is 10.3. The maximum Gasteiger partial charge on any atom is 0.231 e. The van der Waals surface area contributed by atoms with Crippen LogP contribution in [0.15, 0.2) is 41.5 Å². The number of benzene rings is 1. The van der Waals surface area contributed by atoms with E-state index < -0.39 is 0 Å². The van der Waals surface area contributed by atoms with Crippen molar-refractivity contribution in [1.82, 2.24) is 14.9 Å². The zero-order valence-electron chi connectivity index (χ0n) is 17.1. The average Bonchev–Trinajstić information content (AvgIpc) is 3.27. The molecule has 0 saturated carbocycles. The van der Waals surface area contributed by atoms with E-state index in [4.69, 9.17) is 4.74 Å². The number of nitrogens with zero attached hydrogens (tertiary/aromatic N) is 4. The molecule has 3 heterocycles. The molecule has 2 aromatic heterocycles. The number of anilines is 2. The molecule has 0 aliphatic carbocycles. The summed E-state index contributed by atoms with van der Waals surface area (Å²) in [7, 11) is 4.04. The zero-order valence-corrected chi connectivity index (χ0v) is 17.9. The normalized spacial score (nSPS) is 13.8. The van der Waals surface area contributed by atoms with Crippen LogP contribution in [0.2, 0.25) is 0 Å². The average molecular weight is 422 g/mol. The molecular formula is C22H23N5O2S. The van der Waals surface area contributed by atoms with Crippen molar-refractivity contribution in [1.29, 1.82) is 0 Å². The van der Waals surface area contributed by atoms with Crippen molar-refractivity contribution in [2.24, 2.45) is 4.99 Å². The number of aryl methyl sites for hydroxylation is 1. The molecule has 1 aliphatic rings. The van der Waals surface area contributed by atoms with E-state index in [1.54, 1.807) is 12.4 Å². The Morgan fingerprint density at radius 3 is 2.93 bits per heavy atom. The number of ether oxygens (including phenoxy) is 1. The van der Waals surface area contributed by atoms with Gasteiger partial charge in [0.25, 0.3) is 0 Å². The zero-order chi connectivity index (χ0) is 21.1. The second-order valence-corrected chi connectivity index (χ2v) is 8.22. The number of aliphatic imine (C=N–C) groups is 1. The lowest BCUT2D eigenvalue weighted by Gasteiger charge is -2.13. The van der Waals surface area contributed by atoms with Crippen molar-refractivity contribution < 1.29 is 9.84 Å². The quantitative estimate of drug-likeness (QED) is 0.585. The first-order valence-electron chi connectivity index (χ1n) is 9.56. The van der Waals surface area contributed by atoms with E-state index in [2.05, 4.69) is 25.2 Å². The summed E-state index contributed by atoms with van der Waals surface area (Å²) in [5, 5.41) is 14.2. The van der Waals surface area contributed by atoms with Crippen molar-refractivity contribution >= 4 is 45.8 Å². The molecule has 154 valence electrons. The first kappa shape index (κ1) is 20.1. The second-order valence-electron chi connectivity index (χ2n) is 7.19. The number of nitrogens with one attached hydrogen (secondary N) is 1. The van der Waals surface area contributed by atoms with Crippen molar-refractivity contribution in [2.75, 3.05) is 32.6 Å². The van der Waals surface area contributed by atoms with Crippen LogP contribution in [0, 0.1) is 6.92 Å². The Balaban J connectivity index is 1.48. The summed E-state index contributed by atoms with van der Waals surface area (Å²) in [6.07, 6.45) is 5.35. The number of fused-ring (bicyclic) bond motifs is 1. The minimum Gasteiger partial charge on any atom is -0.492 e. The minimum atomic E-state index is -0.0120. The van der Waals surface area contributed by atoms with Crippen molar-refractivity contribution in [3.05, 3.63) is 52.5 Å². The van der Waals surface area contributed by atoms with Crippen molar-refractivity contribution in [3.8, 4) is 11.6 Å². The summed E-state index contributed by atoms with van der Waals surface area (Å²) in [6, 6.07) is 9.72. The van der Waals surface area contributed by atoms with Crippen LogP contribution in [0.1, 0.15) is 16.0 Å².